The zero-order valence-corrected chi connectivity index (χ0v) is 11.7. The Bertz CT molecular complexity index is 584. The first-order valence-electron chi connectivity index (χ1n) is 6.71. The molecule has 2 aromatic rings. The summed E-state index contributed by atoms with van der Waals surface area (Å²) in [5, 5.41) is 3.27. The summed E-state index contributed by atoms with van der Waals surface area (Å²) in [5.74, 6) is -0.809. The van der Waals surface area contributed by atoms with E-state index in [1.165, 1.54) is 6.07 Å². The normalized spacial score (nSPS) is 12.4. The molecule has 0 saturated carbocycles. The minimum atomic E-state index is -0.422. The highest BCUT2D eigenvalue weighted by molar-refractivity contribution is 5.23. The molecule has 0 aliphatic carbocycles. The number of benzene rings is 1. The van der Waals surface area contributed by atoms with Crippen LogP contribution in [-0.2, 0) is 6.42 Å². The number of hydrogen-bond donors (Lipinski definition) is 1. The fourth-order valence-electron chi connectivity index (χ4n) is 2.21. The maximum absolute atomic E-state index is 13.8. The zero-order chi connectivity index (χ0) is 14.5. The Kier molecular flexibility index (Phi) is 4.79. The van der Waals surface area contributed by atoms with Crippen molar-refractivity contribution in [2.45, 2.75) is 26.3 Å². The van der Waals surface area contributed by atoms with E-state index in [1.807, 2.05) is 32.0 Å². The van der Waals surface area contributed by atoms with Crippen LogP contribution in [0.5, 0.6) is 0 Å². The van der Waals surface area contributed by atoms with E-state index in [9.17, 15) is 8.78 Å². The average molecular weight is 276 g/mol. The van der Waals surface area contributed by atoms with Gasteiger partial charge in [0.2, 0.25) is 0 Å². The Hall–Kier alpha value is -1.81. The second-order valence-electron chi connectivity index (χ2n) is 4.75. The molecule has 20 heavy (non-hydrogen) atoms. The van der Waals surface area contributed by atoms with Gasteiger partial charge in [-0.2, -0.15) is 0 Å². The van der Waals surface area contributed by atoms with Gasteiger partial charge in [-0.15, -0.1) is 0 Å². The van der Waals surface area contributed by atoms with Gasteiger partial charge in [0.05, 0.1) is 11.7 Å². The molecule has 4 heteroatoms. The van der Waals surface area contributed by atoms with Gasteiger partial charge in [-0.3, -0.25) is 4.98 Å². The summed E-state index contributed by atoms with van der Waals surface area (Å²) in [4.78, 5) is 4.46. The van der Waals surface area contributed by atoms with E-state index in [0.29, 0.717) is 12.0 Å². The summed E-state index contributed by atoms with van der Waals surface area (Å²) in [6.07, 6.45) is 0.369. The molecule has 1 N–H and O–H groups in total. The lowest BCUT2D eigenvalue weighted by atomic mass is 10.0. The van der Waals surface area contributed by atoms with E-state index >= 15 is 0 Å². The van der Waals surface area contributed by atoms with E-state index in [1.54, 1.807) is 0 Å². The van der Waals surface area contributed by atoms with Crippen LogP contribution in [0.1, 0.15) is 29.9 Å². The highest BCUT2D eigenvalue weighted by Crippen LogP contribution is 2.20. The molecule has 2 nitrogen and oxygen atoms in total. The van der Waals surface area contributed by atoms with Crippen molar-refractivity contribution in [1.82, 2.24) is 10.3 Å². The SMILES string of the molecule is CCNC(Cc1cc(F)ccc1F)c1cccc(C)n1. The Labute approximate surface area is 117 Å². The van der Waals surface area contributed by atoms with Crippen LogP contribution in [0.15, 0.2) is 36.4 Å². The molecule has 1 heterocycles. The number of hydrogen-bond acceptors (Lipinski definition) is 2. The van der Waals surface area contributed by atoms with Crippen molar-refractivity contribution in [3.8, 4) is 0 Å². The van der Waals surface area contributed by atoms with Gasteiger partial charge in [0.15, 0.2) is 0 Å². The fraction of sp³-hybridized carbons (Fsp3) is 0.312. The van der Waals surface area contributed by atoms with Crippen molar-refractivity contribution < 1.29 is 8.78 Å². The van der Waals surface area contributed by atoms with E-state index in [2.05, 4.69) is 10.3 Å². The van der Waals surface area contributed by atoms with Crippen LogP contribution in [0.3, 0.4) is 0 Å². The quantitative estimate of drug-likeness (QED) is 0.903. The lowest BCUT2D eigenvalue weighted by Crippen LogP contribution is -2.24. The highest BCUT2D eigenvalue weighted by atomic mass is 19.1. The Morgan fingerprint density at radius 2 is 2.00 bits per heavy atom. The van der Waals surface area contributed by atoms with Crippen molar-refractivity contribution in [2.75, 3.05) is 6.54 Å². The molecule has 1 unspecified atom stereocenters. The van der Waals surface area contributed by atoms with Crippen molar-refractivity contribution in [2.24, 2.45) is 0 Å². The molecule has 0 radical (unpaired) electrons. The number of likely N-dealkylation sites (N-methyl/N-ethyl adjacent to an activating group) is 1. The smallest absolute Gasteiger partial charge is 0.126 e. The number of aryl methyl sites for hydroxylation is 1. The molecule has 1 atom stereocenters. The zero-order valence-electron chi connectivity index (χ0n) is 11.7. The third-order valence-electron chi connectivity index (χ3n) is 3.15. The maximum Gasteiger partial charge on any atom is 0.126 e. The second-order valence-corrected chi connectivity index (χ2v) is 4.75. The standard InChI is InChI=1S/C16H18F2N2/c1-3-19-16(15-6-4-5-11(2)20-15)10-12-9-13(17)7-8-14(12)18/h4-9,16,19H,3,10H2,1-2H3. The summed E-state index contributed by atoms with van der Waals surface area (Å²) >= 11 is 0. The molecular weight excluding hydrogens is 258 g/mol. The van der Waals surface area contributed by atoms with Gasteiger partial charge in [-0.1, -0.05) is 13.0 Å². The van der Waals surface area contributed by atoms with Crippen LogP contribution in [0, 0.1) is 18.6 Å². The number of aromatic nitrogens is 1. The van der Waals surface area contributed by atoms with Crippen molar-refractivity contribution in [1.29, 1.82) is 0 Å². The number of rotatable bonds is 5. The molecule has 0 bridgehead atoms. The van der Waals surface area contributed by atoms with Crippen LogP contribution in [0.25, 0.3) is 0 Å². The number of nitrogens with one attached hydrogen (secondary N) is 1. The minimum absolute atomic E-state index is 0.129. The van der Waals surface area contributed by atoms with Crippen LogP contribution >= 0.6 is 0 Å². The summed E-state index contributed by atoms with van der Waals surface area (Å²) in [7, 11) is 0. The van der Waals surface area contributed by atoms with Gasteiger partial charge in [0, 0.05) is 5.69 Å². The molecule has 1 aromatic carbocycles. The van der Waals surface area contributed by atoms with Gasteiger partial charge in [-0.25, -0.2) is 8.78 Å². The summed E-state index contributed by atoms with van der Waals surface area (Å²) < 4.78 is 27.0. The first-order chi connectivity index (χ1) is 9.60. The monoisotopic (exact) mass is 276 g/mol. The lowest BCUT2D eigenvalue weighted by molar-refractivity contribution is 0.512. The summed E-state index contributed by atoms with van der Waals surface area (Å²) in [5.41, 5.74) is 2.11. The molecule has 0 fully saturated rings. The first kappa shape index (κ1) is 14.6. The van der Waals surface area contributed by atoms with Crippen molar-refractivity contribution in [3.63, 3.8) is 0 Å². The Morgan fingerprint density at radius 1 is 1.20 bits per heavy atom. The largest absolute Gasteiger partial charge is 0.309 e. The average Bonchev–Trinajstić information content (AvgIpc) is 2.42. The predicted octanol–water partition coefficient (Wildman–Crippen LogP) is 3.56. The molecule has 2 rings (SSSR count). The Morgan fingerprint density at radius 3 is 2.70 bits per heavy atom. The minimum Gasteiger partial charge on any atom is -0.309 e. The van der Waals surface area contributed by atoms with E-state index in [4.69, 9.17) is 0 Å². The van der Waals surface area contributed by atoms with E-state index in [0.717, 1.165) is 30.1 Å². The number of nitrogens with zero attached hydrogens (tertiary/aromatic N) is 1. The number of halogens is 2. The van der Waals surface area contributed by atoms with Crippen molar-refractivity contribution in [3.05, 3.63) is 65.0 Å². The second kappa shape index (κ2) is 6.57. The predicted molar refractivity (Wildman–Crippen MR) is 75.5 cm³/mol. The highest BCUT2D eigenvalue weighted by Gasteiger charge is 2.15. The van der Waals surface area contributed by atoms with Gasteiger partial charge in [0.1, 0.15) is 11.6 Å². The number of pyridine rings is 1. The summed E-state index contributed by atoms with van der Waals surface area (Å²) in [6.45, 7) is 4.62. The van der Waals surface area contributed by atoms with Gasteiger partial charge < -0.3 is 5.32 Å². The van der Waals surface area contributed by atoms with Gasteiger partial charge in [-0.05, 0) is 55.8 Å². The molecular formula is C16H18F2N2. The van der Waals surface area contributed by atoms with Crippen LogP contribution < -0.4 is 5.32 Å². The van der Waals surface area contributed by atoms with Crippen LogP contribution in [0.4, 0.5) is 8.78 Å². The molecule has 106 valence electrons. The third kappa shape index (κ3) is 3.61. The third-order valence-corrected chi connectivity index (χ3v) is 3.15. The van der Waals surface area contributed by atoms with E-state index in [-0.39, 0.29) is 11.9 Å². The lowest BCUT2D eigenvalue weighted by Gasteiger charge is -2.18. The molecule has 1 aromatic heterocycles. The van der Waals surface area contributed by atoms with Gasteiger partial charge >= 0.3 is 0 Å². The maximum atomic E-state index is 13.8. The van der Waals surface area contributed by atoms with E-state index < -0.39 is 5.82 Å². The Balaban J connectivity index is 2.27. The molecule has 0 amide bonds. The fourth-order valence-corrected chi connectivity index (χ4v) is 2.21. The molecule has 0 saturated heterocycles. The topological polar surface area (TPSA) is 24.9 Å². The van der Waals surface area contributed by atoms with Crippen LogP contribution in [0.2, 0.25) is 0 Å². The van der Waals surface area contributed by atoms with Crippen molar-refractivity contribution >= 4 is 0 Å². The molecule has 0 aliphatic heterocycles. The van der Waals surface area contributed by atoms with Gasteiger partial charge in [0.25, 0.3) is 0 Å². The van der Waals surface area contributed by atoms with Crippen LogP contribution in [-0.4, -0.2) is 11.5 Å². The molecule has 0 spiro atoms. The molecule has 0 aliphatic rings. The summed E-state index contributed by atoms with van der Waals surface area (Å²) in [6, 6.07) is 9.14. The first-order valence-corrected chi connectivity index (χ1v) is 6.71.